The third-order valence-corrected chi connectivity index (χ3v) is 4.14. The molecule has 2 atom stereocenters. The Morgan fingerprint density at radius 3 is 2.22 bits per heavy atom. The number of hydrogen-bond donors (Lipinski definition) is 1. The predicted octanol–water partition coefficient (Wildman–Crippen LogP) is 1.93. The van der Waals surface area contributed by atoms with Crippen LogP contribution in [0.1, 0.15) is 40.5 Å². The van der Waals surface area contributed by atoms with Gasteiger partial charge < -0.3 is 19.5 Å². The van der Waals surface area contributed by atoms with Gasteiger partial charge in [-0.3, -0.25) is 0 Å². The minimum Gasteiger partial charge on any atom is -0.369 e. The van der Waals surface area contributed by atoms with Crippen LogP contribution in [0.2, 0.25) is 0 Å². The Morgan fingerprint density at radius 1 is 1.17 bits per heavy atom. The van der Waals surface area contributed by atoms with Crippen LogP contribution in [0.5, 0.6) is 0 Å². The zero-order chi connectivity index (χ0) is 13.4. The summed E-state index contributed by atoms with van der Waals surface area (Å²) in [4.78, 5) is 0. The molecule has 0 aromatic rings. The Balaban J connectivity index is 2.02. The van der Waals surface area contributed by atoms with Crippen molar-refractivity contribution in [1.29, 1.82) is 0 Å². The van der Waals surface area contributed by atoms with Crippen LogP contribution in [-0.2, 0) is 14.2 Å². The highest BCUT2D eigenvalue weighted by atomic mass is 16.7. The zero-order valence-corrected chi connectivity index (χ0v) is 12.3. The Bertz CT molecular complexity index is 285. The van der Waals surface area contributed by atoms with Gasteiger partial charge >= 0.3 is 0 Å². The SMILES string of the molecule is CNC(CC1OCCO1)C1CC(C)(C)OC1(C)C. The van der Waals surface area contributed by atoms with Crippen LogP contribution in [0.25, 0.3) is 0 Å². The molecule has 0 spiro atoms. The average molecular weight is 257 g/mol. The summed E-state index contributed by atoms with van der Waals surface area (Å²) in [6, 6.07) is 0.366. The summed E-state index contributed by atoms with van der Waals surface area (Å²) < 4.78 is 17.3. The fourth-order valence-electron chi connectivity index (χ4n) is 3.47. The average Bonchev–Trinajstić information content (AvgIpc) is 2.80. The fourth-order valence-corrected chi connectivity index (χ4v) is 3.47. The van der Waals surface area contributed by atoms with E-state index in [0.717, 1.165) is 26.1 Å². The summed E-state index contributed by atoms with van der Waals surface area (Å²) in [6.07, 6.45) is 1.91. The molecule has 0 aliphatic carbocycles. The van der Waals surface area contributed by atoms with Crippen molar-refractivity contribution in [3.63, 3.8) is 0 Å². The summed E-state index contributed by atoms with van der Waals surface area (Å²) in [6.45, 7) is 10.2. The third kappa shape index (κ3) is 3.05. The lowest BCUT2D eigenvalue weighted by Crippen LogP contribution is -2.44. The molecule has 2 fully saturated rings. The monoisotopic (exact) mass is 257 g/mol. The summed E-state index contributed by atoms with van der Waals surface area (Å²) in [5.41, 5.74) is -0.142. The maximum absolute atomic E-state index is 6.17. The first-order valence-corrected chi connectivity index (χ1v) is 6.95. The van der Waals surface area contributed by atoms with Crippen molar-refractivity contribution < 1.29 is 14.2 Å². The smallest absolute Gasteiger partial charge is 0.159 e. The van der Waals surface area contributed by atoms with Crippen molar-refractivity contribution in [1.82, 2.24) is 5.32 Å². The number of hydrogen-bond acceptors (Lipinski definition) is 4. The molecule has 2 rings (SSSR count). The number of nitrogens with one attached hydrogen (secondary N) is 1. The van der Waals surface area contributed by atoms with Crippen LogP contribution >= 0.6 is 0 Å². The van der Waals surface area contributed by atoms with Gasteiger partial charge in [-0.15, -0.1) is 0 Å². The van der Waals surface area contributed by atoms with Crippen molar-refractivity contribution in [2.24, 2.45) is 5.92 Å². The van der Waals surface area contributed by atoms with E-state index in [2.05, 4.69) is 33.0 Å². The normalized spacial score (nSPS) is 32.8. The first-order valence-electron chi connectivity index (χ1n) is 6.95. The van der Waals surface area contributed by atoms with Crippen LogP contribution in [0.15, 0.2) is 0 Å². The molecule has 2 saturated heterocycles. The second-order valence-corrected chi connectivity index (χ2v) is 6.58. The molecule has 0 radical (unpaired) electrons. The molecule has 0 bridgehead atoms. The van der Waals surface area contributed by atoms with E-state index in [4.69, 9.17) is 14.2 Å². The van der Waals surface area contributed by atoms with Gasteiger partial charge in [0.05, 0.1) is 24.4 Å². The molecule has 2 heterocycles. The van der Waals surface area contributed by atoms with Crippen molar-refractivity contribution in [2.45, 2.75) is 64.1 Å². The Morgan fingerprint density at radius 2 is 1.78 bits per heavy atom. The van der Waals surface area contributed by atoms with Crippen LogP contribution in [0, 0.1) is 5.92 Å². The lowest BCUT2D eigenvalue weighted by molar-refractivity contribution is -0.0867. The number of ether oxygens (including phenoxy) is 3. The number of rotatable bonds is 4. The summed E-state index contributed by atoms with van der Waals surface area (Å²) in [5.74, 6) is 0.477. The van der Waals surface area contributed by atoms with Crippen molar-refractivity contribution in [3.8, 4) is 0 Å². The third-order valence-electron chi connectivity index (χ3n) is 4.14. The molecule has 0 saturated carbocycles. The van der Waals surface area contributed by atoms with Crippen LogP contribution in [-0.4, -0.2) is 43.8 Å². The summed E-state index contributed by atoms with van der Waals surface area (Å²) in [7, 11) is 2.01. The molecule has 18 heavy (non-hydrogen) atoms. The van der Waals surface area contributed by atoms with E-state index >= 15 is 0 Å². The minimum atomic E-state index is -0.101. The van der Waals surface area contributed by atoms with Gasteiger partial charge in [-0.25, -0.2) is 0 Å². The minimum absolute atomic E-state index is 0.0410. The lowest BCUT2D eigenvalue weighted by Gasteiger charge is -2.33. The van der Waals surface area contributed by atoms with Crippen molar-refractivity contribution in [2.75, 3.05) is 20.3 Å². The van der Waals surface area contributed by atoms with Gasteiger partial charge in [-0.05, 0) is 41.2 Å². The second-order valence-electron chi connectivity index (χ2n) is 6.58. The van der Waals surface area contributed by atoms with Crippen molar-refractivity contribution >= 4 is 0 Å². The molecule has 2 aliphatic rings. The highest BCUT2D eigenvalue weighted by molar-refractivity contribution is 4.99. The van der Waals surface area contributed by atoms with Crippen LogP contribution in [0.3, 0.4) is 0 Å². The van der Waals surface area contributed by atoms with Crippen LogP contribution in [0.4, 0.5) is 0 Å². The molecule has 1 N–H and O–H groups in total. The van der Waals surface area contributed by atoms with E-state index in [1.807, 2.05) is 7.05 Å². The molecule has 4 nitrogen and oxygen atoms in total. The molecule has 2 unspecified atom stereocenters. The van der Waals surface area contributed by atoms with Gasteiger partial charge in [-0.1, -0.05) is 0 Å². The van der Waals surface area contributed by atoms with E-state index in [0.29, 0.717) is 12.0 Å². The van der Waals surface area contributed by atoms with Gasteiger partial charge in [0.2, 0.25) is 0 Å². The van der Waals surface area contributed by atoms with Gasteiger partial charge in [-0.2, -0.15) is 0 Å². The van der Waals surface area contributed by atoms with Gasteiger partial charge in [0.1, 0.15) is 0 Å². The summed E-state index contributed by atoms with van der Waals surface area (Å²) >= 11 is 0. The van der Waals surface area contributed by atoms with E-state index in [9.17, 15) is 0 Å². The van der Waals surface area contributed by atoms with E-state index in [1.54, 1.807) is 0 Å². The van der Waals surface area contributed by atoms with Gasteiger partial charge in [0.15, 0.2) is 6.29 Å². The Labute approximate surface area is 110 Å². The Hall–Kier alpha value is -0.160. The molecule has 0 aromatic heterocycles. The highest BCUT2D eigenvalue weighted by Gasteiger charge is 2.49. The largest absolute Gasteiger partial charge is 0.369 e. The zero-order valence-electron chi connectivity index (χ0n) is 12.3. The topological polar surface area (TPSA) is 39.7 Å². The Kier molecular flexibility index (Phi) is 4.02. The maximum Gasteiger partial charge on any atom is 0.159 e. The molecular weight excluding hydrogens is 230 g/mol. The van der Waals surface area contributed by atoms with Gasteiger partial charge in [0, 0.05) is 18.4 Å². The van der Waals surface area contributed by atoms with E-state index < -0.39 is 0 Å². The van der Waals surface area contributed by atoms with Crippen molar-refractivity contribution in [3.05, 3.63) is 0 Å². The first kappa shape index (κ1) is 14.3. The molecule has 0 aromatic carbocycles. The molecule has 0 amide bonds. The van der Waals surface area contributed by atoms with E-state index in [-0.39, 0.29) is 17.5 Å². The maximum atomic E-state index is 6.17. The predicted molar refractivity (Wildman–Crippen MR) is 70.5 cm³/mol. The fraction of sp³-hybridized carbons (Fsp3) is 1.00. The molecule has 4 heteroatoms. The standard InChI is InChI=1S/C14H27NO3/c1-13(2)9-10(14(3,4)18-13)11(15-5)8-12-16-6-7-17-12/h10-12,15H,6-9H2,1-5H3. The quantitative estimate of drug-likeness (QED) is 0.835. The first-order chi connectivity index (χ1) is 8.34. The molecule has 2 aliphatic heterocycles. The molecular formula is C14H27NO3. The summed E-state index contributed by atoms with van der Waals surface area (Å²) in [5, 5.41) is 3.42. The molecule has 106 valence electrons. The van der Waals surface area contributed by atoms with E-state index in [1.165, 1.54) is 0 Å². The van der Waals surface area contributed by atoms with Gasteiger partial charge in [0.25, 0.3) is 0 Å². The van der Waals surface area contributed by atoms with Crippen LogP contribution < -0.4 is 5.32 Å². The second kappa shape index (κ2) is 5.08. The lowest BCUT2D eigenvalue weighted by atomic mass is 9.80. The highest BCUT2D eigenvalue weighted by Crippen LogP contribution is 2.44.